The lowest BCUT2D eigenvalue weighted by Crippen LogP contribution is -2.54. The lowest BCUT2D eigenvalue weighted by molar-refractivity contribution is -0.180. The molecule has 1 aromatic carbocycles. The van der Waals surface area contributed by atoms with E-state index < -0.39 is 11.9 Å². The zero-order valence-corrected chi connectivity index (χ0v) is 17.1. The van der Waals surface area contributed by atoms with Crippen molar-refractivity contribution in [1.82, 2.24) is 0 Å². The molecule has 0 spiro atoms. The van der Waals surface area contributed by atoms with Crippen molar-refractivity contribution in [3.05, 3.63) is 42.0 Å². The van der Waals surface area contributed by atoms with Crippen molar-refractivity contribution in [2.45, 2.75) is 59.0 Å². The maximum absolute atomic E-state index is 12.7. The molecule has 0 aromatic heterocycles. The Balaban J connectivity index is 1.85. The number of esters is 1. The van der Waals surface area contributed by atoms with Gasteiger partial charge in [0.1, 0.15) is 6.10 Å². The van der Waals surface area contributed by atoms with Gasteiger partial charge in [-0.15, -0.1) is 0 Å². The number of carboxylic acids is 1. The maximum atomic E-state index is 12.7. The van der Waals surface area contributed by atoms with Crippen molar-refractivity contribution in [2.75, 3.05) is 0 Å². The number of benzene rings is 1. The lowest BCUT2D eigenvalue weighted by atomic mass is 9.52. The SMILES string of the molecule is CC(C)[C@@H]1CC[C@@]2(C)CCC[C@H](C(=O)O)[C@@H]2[C@@H]1OC(=O)C=Cc1ccccc1. The van der Waals surface area contributed by atoms with Gasteiger partial charge in [-0.05, 0) is 54.6 Å². The minimum atomic E-state index is -0.749. The Morgan fingerprint density at radius 3 is 2.54 bits per heavy atom. The molecule has 1 aromatic rings. The third-order valence-corrected chi connectivity index (χ3v) is 6.96. The van der Waals surface area contributed by atoms with Crippen LogP contribution in [0, 0.1) is 29.1 Å². The smallest absolute Gasteiger partial charge is 0.331 e. The third-order valence-electron chi connectivity index (χ3n) is 6.96. The molecule has 4 nitrogen and oxygen atoms in total. The van der Waals surface area contributed by atoms with Crippen LogP contribution < -0.4 is 0 Å². The molecule has 0 aliphatic heterocycles. The van der Waals surface area contributed by atoms with Crippen molar-refractivity contribution in [2.24, 2.45) is 29.1 Å². The van der Waals surface area contributed by atoms with Gasteiger partial charge in [-0.3, -0.25) is 4.79 Å². The first-order chi connectivity index (χ1) is 13.3. The second kappa shape index (κ2) is 8.50. The van der Waals surface area contributed by atoms with E-state index in [1.54, 1.807) is 6.08 Å². The van der Waals surface area contributed by atoms with Crippen LogP contribution in [0.3, 0.4) is 0 Å². The van der Waals surface area contributed by atoms with E-state index in [4.69, 9.17) is 4.74 Å². The molecule has 0 heterocycles. The summed E-state index contributed by atoms with van der Waals surface area (Å²) in [5, 5.41) is 9.87. The van der Waals surface area contributed by atoms with Gasteiger partial charge < -0.3 is 9.84 Å². The van der Waals surface area contributed by atoms with Crippen LogP contribution in [-0.4, -0.2) is 23.1 Å². The van der Waals surface area contributed by atoms with Gasteiger partial charge in [0.2, 0.25) is 0 Å². The highest BCUT2D eigenvalue weighted by Crippen LogP contribution is 2.56. The molecule has 0 amide bonds. The van der Waals surface area contributed by atoms with Crippen molar-refractivity contribution in [3.8, 4) is 0 Å². The van der Waals surface area contributed by atoms with Gasteiger partial charge in [0, 0.05) is 12.0 Å². The number of carboxylic acid groups (broad SMARTS) is 1. The van der Waals surface area contributed by atoms with E-state index in [2.05, 4.69) is 20.8 Å². The monoisotopic (exact) mass is 384 g/mol. The summed E-state index contributed by atoms with van der Waals surface area (Å²) in [6.45, 7) is 6.49. The molecular weight excluding hydrogens is 352 g/mol. The molecule has 2 aliphatic rings. The zero-order valence-electron chi connectivity index (χ0n) is 17.1. The van der Waals surface area contributed by atoms with Gasteiger partial charge in [0.15, 0.2) is 0 Å². The van der Waals surface area contributed by atoms with Crippen molar-refractivity contribution in [1.29, 1.82) is 0 Å². The highest BCUT2D eigenvalue weighted by atomic mass is 16.5. The van der Waals surface area contributed by atoms with E-state index >= 15 is 0 Å². The Morgan fingerprint density at radius 2 is 1.89 bits per heavy atom. The van der Waals surface area contributed by atoms with Crippen LogP contribution in [0.2, 0.25) is 0 Å². The molecule has 2 aliphatic carbocycles. The molecule has 0 radical (unpaired) electrons. The second-order valence-corrected chi connectivity index (χ2v) is 9.11. The molecule has 3 rings (SSSR count). The highest BCUT2D eigenvalue weighted by Gasteiger charge is 2.55. The van der Waals surface area contributed by atoms with Gasteiger partial charge in [-0.2, -0.15) is 0 Å². The van der Waals surface area contributed by atoms with Gasteiger partial charge in [0.25, 0.3) is 0 Å². The molecule has 5 atom stereocenters. The Morgan fingerprint density at radius 1 is 1.18 bits per heavy atom. The number of carbonyl (C=O) groups is 2. The van der Waals surface area contributed by atoms with Crippen LogP contribution in [0.5, 0.6) is 0 Å². The molecule has 1 N–H and O–H groups in total. The second-order valence-electron chi connectivity index (χ2n) is 9.11. The van der Waals surface area contributed by atoms with Gasteiger partial charge in [0.05, 0.1) is 5.92 Å². The summed E-state index contributed by atoms with van der Waals surface area (Å²) in [6.07, 6.45) is 7.50. The number of rotatable bonds is 5. The van der Waals surface area contributed by atoms with Gasteiger partial charge in [-0.1, -0.05) is 57.5 Å². The van der Waals surface area contributed by atoms with Crippen LogP contribution in [0.15, 0.2) is 36.4 Å². The molecule has 152 valence electrons. The summed E-state index contributed by atoms with van der Waals surface area (Å²) < 4.78 is 6.01. The molecule has 4 heteroatoms. The molecule has 28 heavy (non-hydrogen) atoms. The normalized spacial score (nSPS) is 32.9. The third kappa shape index (κ3) is 4.31. The Labute approximate surface area is 168 Å². The molecule has 0 bridgehead atoms. The van der Waals surface area contributed by atoms with Crippen LogP contribution in [-0.2, 0) is 14.3 Å². The first kappa shape index (κ1) is 20.6. The van der Waals surface area contributed by atoms with E-state index in [1.165, 1.54) is 6.08 Å². The minimum absolute atomic E-state index is 0.0687. The first-order valence-corrected chi connectivity index (χ1v) is 10.5. The van der Waals surface area contributed by atoms with Crippen LogP contribution in [0.4, 0.5) is 0 Å². The standard InChI is InChI=1S/C24H32O4/c1-16(2)18-13-15-24(3)14-7-10-19(23(26)27)21(24)22(18)28-20(25)12-11-17-8-5-4-6-9-17/h4-6,8-9,11-12,16,18-19,21-22H,7,10,13-15H2,1-3H3,(H,26,27)/t18-,19-,21+,22+,24+/m0/s1. The molecule has 0 saturated heterocycles. The average molecular weight is 385 g/mol. The summed E-state index contributed by atoms with van der Waals surface area (Å²) in [5.74, 6) is -1.13. The Hall–Kier alpha value is -2.10. The van der Waals surface area contributed by atoms with Crippen LogP contribution in [0.25, 0.3) is 6.08 Å². The van der Waals surface area contributed by atoms with E-state index in [0.29, 0.717) is 12.3 Å². The minimum Gasteiger partial charge on any atom is -0.481 e. The number of fused-ring (bicyclic) bond motifs is 1. The van der Waals surface area contributed by atoms with Crippen molar-refractivity contribution >= 4 is 18.0 Å². The number of aliphatic carboxylic acids is 1. The summed E-state index contributed by atoms with van der Waals surface area (Å²) in [5.41, 5.74) is 0.871. The average Bonchev–Trinajstić information content (AvgIpc) is 2.66. The Bertz CT molecular complexity index is 723. The van der Waals surface area contributed by atoms with Crippen molar-refractivity contribution in [3.63, 3.8) is 0 Å². The quantitative estimate of drug-likeness (QED) is 0.561. The summed E-state index contributed by atoms with van der Waals surface area (Å²) in [4.78, 5) is 24.7. The molecule has 0 unspecified atom stereocenters. The topological polar surface area (TPSA) is 63.6 Å². The zero-order chi connectivity index (χ0) is 20.3. The maximum Gasteiger partial charge on any atom is 0.331 e. The first-order valence-electron chi connectivity index (χ1n) is 10.5. The fourth-order valence-electron chi connectivity index (χ4n) is 5.45. The van der Waals surface area contributed by atoms with E-state index in [-0.39, 0.29) is 29.3 Å². The highest BCUT2D eigenvalue weighted by molar-refractivity contribution is 5.87. The van der Waals surface area contributed by atoms with Crippen LogP contribution >= 0.6 is 0 Å². The molecule has 2 saturated carbocycles. The number of hydrogen-bond donors (Lipinski definition) is 1. The van der Waals surface area contributed by atoms with Gasteiger partial charge >= 0.3 is 11.9 Å². The fourth-order valence-corrected chi connectivity index (χ4v) is 5.45. The van der Waals surface area contributed by atoms with Crippen molar-refractivity contribution < 1.29 is 19.4 Å². The van der Waals surface area contributed by atoms with E-state index in [1.807, 2.05) is 30.3 Å². The summed E-state index contributed by atoms with van der Waals surface area (Å²) in [7, 11) is 0. The number of ether oxygens (including phenoxy) is 1. The number of hydrogen-bond acceptors (Lipinski definition) is 3. The van der Waals surface area contributed by atoms with E-state index in [9.17, 15) is 14.7 Å². The fraction of sp³-hybridized carbons (Fsp3) is 0.583. The predicted octanol–water partition coefficient (Wildman–Crippen LogP) is 5.18. The summed E-state index contributed by atoms with van der Waals surface area (Å²) in [6, 6.07) is 9.64. The Kier molecular flexibility index (Phi) is 6.26. The molecular formula is C24H32O4. The van der Waals surface area contributed by atoms with Crippen LogP contribution in [0.1, 0.15) is 58.4 Å². The lowest BCUT2D eigenvalue weighted by Gasteiger charge is -2.54. The molecule has 2 fully saturated rings. The predicted molar refractivity (Wildman–Crippen MR) is 109 cm³/mol. The number of carbonyl (C=O) groups excluding carboxylic acids is 1. The van der Waals surface area contributed by atoms with Gasteiger partial charge in [-0.25, -0.2) is 4.79 Å². The summed E-state index contributed by atoms with van der Waals surface area (Å²) >= 11 is 0. The van der Waals surface area contributed by atoms with E-state index in [0.717, 1.165) is 31.2 Å². The largest absolute Gasteiger partial charge is 0.481 e.